The standard InChI is InChI=1S/C14H18N2O4S3/c1-10(17)20-16-13(18)9-11(14(16)19)21-7-4-8-22-23-12-5-2-3-6-15-12/h2-3,5-6,10-11,17H,4,7-9H2,1H3. The Morgan fingerprint density at radius 2 is 2.26 bits per heavy atom. The summed E-state index contributed by atoms with van der Waals surface area (Å²) in [4.78, 5) is 32.7. The Hall–Kier alpha value is -0.740. The maximum Gasteiger partial charge on any atom is 0.267 e. The summed E-state index contributed by atoms with van der Waals surface area (Å²) >= 11 is 1.46. The smallest absolute Gasteiger partial charge is 0.267 e. The van der Waals surface area contributed by atoms with Crippen LogP contribution in [-0.4, -0.2) is 50.0 Å². The molecule has 1 N–H and O–H groups in total. The van der Waals surface area contributed by atoms with Gasteiger partial charge in [0.15, 0.2) is 6.29 Å². The summed E-state index contributed by atoms with van der Waals surface area (Å²) in [5, 5.41) is 10.4. The van der Waals surface area contributed by atoms with Gasteiger partial charge in [0, 0.05) is 11.9 Å². The first-order valence-corrected chi connectivity index (χ1v) is 10.5. The molecule has 1 aliphatic rings. The molecule has 2 heterocycles. The van der Waals surface area contributed by atoms with Crippen LogP contribution in [0, 0.1) is 0 Å². The van der Waals surface area contributed by atoms with Crippen molar-refractivity contribution in [1.29, 1.82) is 0 Å². The Morgan fingerprint density at radius 1 is 1.43 bits per heavy atom. The minimum atomic E-state index is -1.17. The van der Waals surface area contributed by atoms with Gasteiger partial charge in [-0.15, -0.1) is 16.8 Å². The number of aromatic nitrogens is 1. The Morgan fingerprint density at radius 3 is 2.96 bits per heavy atom. The van der Waals surface area contributed by atoms with Crippen LogP contribution in [0.3, 0.4) is 0 Å². The number of carbonyl (C=O) groups excluding carboxylic acids is 2. The number of nitrogens with zero attached hydrogens (tertiary/aromatic N) is 2. The SMILES string of the molecule is CC(O)ON1C(=O)CC(SCCCSSc2ccccn2)C1=O. The number of hydrogen-bond donors (Lipinski definition) is 1. The molecule has 126 valence electrons. The maximum atomic E-state index is 12.0. The summed E-state index contributed by atoms with van der Waals surface area (Å²) in [7, 11) is 3.35. The molecule has 0 aliphatic carbocycles. The van der Waals surface area contributed by atoms with Crippen LogP contribution < -0.4 is 0 Å². The zero-order chi connectivity index (χ0) is 16.7. The fraction of sp³-hybridized carbons (Fsp3) is 0.500. The zero-order valence-electron chi connectivity index (χ0n) is 12.6. The van der Waals surface area contributed by atoms with Gasteiger partial charge in [-0.05, 0) is 42.0 Å². The van der Waals surface area contributed by atoms with Crippen molar-refractivity contribution in [3.63, 3.8) is 0 Å². The van der Waals surface area contributed by atoms with E-state index in [-0.39, 0.29) is 12.3 Å². The fourth-order valence-corrected chi connectivity index (χ4v) is 5.06. The van der Waals surface area contributed by atoms with Gasteiger partial charge in [-0.1, -0.05) is 16.9 Å². The average molecular weight is 375 g/mol. The van der Waals surface area contributed by atoms with Crippen LogP contribution in [0.15, 0.2) is 29.4 Å². The summed E-state index contributed by atoms with van der Waals surface area (Å²) in [5.41, 5.74) is 0. The van der Waals surface area contributed by atoms with Crippen molar-refractivity contribution in [2.75, 3.05) is 11.5 Å². The van der Waals surface area contributed by atoms with E-state index < -0.39 is 17.4 Å². The Balaban J connectivity index is 1.61. The lowest BCUT2D eigenvalue weighted by molar-refractivity contribution is -0.238. The second kappa shape index (κ2) is 9.53. The summed E-state index contributed by atoms with van der Waals surface area (Å²) in [6.45, 7) is 1.36. The summed E-state index contributed by atoms with van der Waals surface area (Å²) < 4.78 is 0. The van der Waals surface area contributed by atoms with Crippen LogP contribution in [0.5, 0.6) is 0 Å². The maximum absolute atomic E-state index is 12.0. The number of rotatable bonds is 9. The van der Waals surface area contributed by atoms with Crippen molar-refractivity contribution in [3.8, 4) is 0 Å². The van der Waals surface area contributed by atoms with Crippen LogP contribution in [0.2, 0.25) is 0 Å². The van der Waals surface area contributed by atoms with E-state index in [2.05, 4.69) is 4.98 Å². The van der Waals surface area contributed by atoms with Gasteiger partial charge in [0.25, 0.3) is 11.8 Å². The predicted octanol–water partition coefficient (Wildman–Crippen LogP) is 2.34. The molecular weight excluding hydrogens is 356 g/mol. The van der Waals surface area contributed by atoms with Crippen molar-refractivity contribution in [2.24, 2.45) is 0 Å². The molecule has 9 heteroatoms. The molecule has 0 radical (unpaired) electrons. The molecule has 6 nitrogen and oxygen atoms in total. The van der Waals surface area contributed by atoms with Crippen molar-refractivity contribution in [1.82, 2.24) is 10.0 Å². The van der Waals surface area contributed by atoms with Crippen molar-refractivity contribution < 1.29 is 19.5 Å². The highest BCUT2D eigenvalue weighted by molar-refractivity contribution is 8.76. The summed E-state index contributed by atoms with van der Waals surface area (Å²) in [6.07, 6.45) is 1.66. The molecule has 0 bridgehead atoms. The van der Waals surface area contributed by atoms with Crippen molar-refractivity contribution in [3.05, 3.63) is 24.4 Å². The number of imide groups is 1. The van der Waals surface area contributed by atoms with E-state index in [1.165, 1.54) is 18.7 Å². The molecule has 0 aromatic carbocycles. The molecule has 1 aromatic rings. The number of aliphatic hydroxyl groups excluding tert-OH is 1. The quantitative estimate of drug-likeness (QED) is 0.305. The molecule has 0 spiro atoms. The van der Waals surface area contributed by atoms with Crippen molar-refractivity contribution in [2.45, 2.75) is 36.3 Å². The van der Waals surface area contributed by atoms with E-state index in [1.807, 2.05) is 18.2 Å². The number of hydroxylamine groups is 2. The van der Waals surface area contributed by atoms with Crippen LogP contribution >= 0.6 is 33.3 Å². The van der Waals surface area contributed by atoms with E-state index in [0.29, 0.717) is 5.06 Å². The zero-order valence-corrected chi connectivity index (χ0v) is 15.0. The predicted molar refractivity (Wildman–Crippen MR) is 92.7 cm³/mol. The van der Waals surface area contributed by atoms with Gasteiger partial charge in [0.05, 0.1) is 11.7 Å². The first-order chi connectivity index (χ1) is 11.1. The lowest BCUT2D eigenvalue weighted by atomic mass is 10.4. The third-order valence-corrected chi connectivity index (χ3v) is 6.44. The van der Waals surface area contributed by atoms with Crippen LogP contribution in [-0.2, 0) is 14.4 Å². The average Bonchev–Trinajstić information content (AvgIpc) is 2.79. The Labute approximate surface area is 147 Å². The van der Waals surface area contributed by atoms with Gasteiger partial charge in [-0.3, -0.25) is 9.59 Å². The Bertz CT molecular complexity index is 530. The molecule has 2 atom stereocenters. The number of thioether (sulfide) groups is 1. The third kappa shape index (κ3) is 6.00. The minimum absolute atomic E-state index is 0.131. The molecule has 2 unspecified atom stereocenters. The second-order valence-electron chi connectivity index (χ2n) is 4.72. The number of amides is 2. The molecule has 1 aromatic heterocycles. The first kappa shape index (κ1) is 18.6. The van der Waals surface area contributed by atoms with Gasteiger partial charge in [-0.25, -0.2) is 9.82 Å². The normalized spacial score (nSPS) is 19.4. The molecule has 1 saturated heterocycles. The minimum Gasteiger partial charge on any atom is -0.366 e. The summed E-state index contributed by atoms with van der Waals surface area (Å²) in [6, 6.07) is 5.80. The van der Waals surface area contributed by atoms with E-state index >= 15 is 0 Å². The lowest BCUT2D eigenvalue weighted by Gasteiger charge is -2.15. The molecule has 2 rings (SSSR count). The molecule has 0 saturated carbocycles. The molecule has 23 heavy (non-hydrogen) atoms. The van der Waals surface area contributed by atoms with Gasteiger partial charge < -0.3 is 5.11 Å². The van der Waals surface area contributed by atoms with E-state index in [9.17, 15) is 9.59 Å². The number of aliphatic hydroxyl groups is 1. The van der Waals surface area contributed by atoms with Gasteiger partial charge in [0.2, 0.25) is 0 Å². The monoisotopic (exact) mass is 374 g/mol. The fourth-order valence-electron chi connectivity index (χ4n) is 1.82. The van der Waals surface area contributed by atoms with Crippen LogP contribution in [0.25, 0.3) is 0 Å². The van der Waals surface area contributed by atoms with Gasteiger partial charge in [-0.2, -0.15) is 0 Å². The van der Waals surface area contributed by atoms with Gasteiger partial charge >= 0.3 is 0 Å². The highest BCUT2D eigenvalue weighted by Crippen LogP contribution is 2.31. The summed E-state index contributed by atoms with van der Waals surface area (Å²) in [5.74, 6) is 0.962. The number of carbonyl (C=O) groups is 2. The molecule has 1 fully saturated rings. The third-order valence-electron chi connectivity index (χ3n) is 2.79. The van der Waals surface area contributed by atoms with E-state index in [0.717, 1.165) is 23.0 Å². The van der Waals surface area contributed by atoms with Crippen LogP contribution in [0.1, 0.15) is 19.8 Å². The van der Waals surface area contributed by atoms with E-state index in [1.54, 1.807) is 27.8 Å². The number of hydrogen-bond acceptors (Lipinski definition) is 8. The molecular formula is C14H18N2O4S3. The largest absolute Gasteiger partial charge is 0.366 e. The molecule has 1 aliphatic heterocycles. The van der Waals surface area contributed by atoms with Gasteiger partial charge in [0.1, 0.15) is 5.03 Å². The van der Waals surface area contributed by atoms with Crippen molar-refractivity contribution >= 4 is 45.2 Å². The topological polar surface area (TPSA) is 79.7 Å². The van der Waals surface area contributed by atoms with Crippen LogP contribution in [0.4, 0.5) is 0 Å². The first-order valence-electron chi connectivity index (χ1n) is 7.11. The second-order valence-corrected chi connectivity index (χ2v) is 8.47. The van der Waals surface area contributed by atoms with E-state index in [4.69, 9.17) is 9.94 Å². The highest BCUT2D eigenvalue weighted by atomic mass is 33.1. The molecule has 2 amide bonds. The number of pyridine rings is 1. The lowest BCUT2D eigenvalue weighted by Crippen LogP contribution is -2.34. The Kier molecular flexibility index (Phi) is 7.71. The highest BCUT2D eigenvalue weighted by Gasteiger charge is 2.40.